The average Bonchev–Trinajstić information content (AvgIpc) is 2.96. The number of carbonyl (C=O) groups excluding carboxylic acids is 2. The molecule has 10 heteroatoms. The van der Waals surface area contributed by atoms with Gasteiger partial charge in [0.25, 0.3) is 0 Å². The van der Waals surface area contributed by atoms with Gasteiger partial charge in [-0.2, -0.15) is 0 Å². The first kappa shape index (κ1) is 29.2. The smallest absolute Gasteiger partial charge is 0.242 e. The first-order chi connectivity index (χ1) is 18.3. The number of methoxy groups -OCH3 is 2. The van der Waals surface area contributed by atoms with Gasteiger partial charge in [0.1, 0.15) is 11.5 Å². The van der Waals surface area contributed by atoms with Crippen molar-refractivity contribution in [1.82, 2.24) is 24.9 Å². The largest absolute Gasteiger partial charge is 0.497 e. The fourth-order valence-electron chi connectivity index (χ4n) is 4.53. The molecule has 2 aromatic rings. The Morgan fingerprint density at radius 3 is 2.21 bits per heavy atom. The maximum atomic E-state index is 13.1. The maximum Gasteiger partial charge on any atom is 0.242 e. The molecule has 1 aliphatic heterocycles. The van der Waals surface area contributed by atoms with Crippen LogP contribution in [0.15, 0.2) is 30.3 Å². The van der Waals surface area contributed by atoms with Gasteiger partial charge in [-0.15, -0.1) is 10.2 Å². The van der Waals surface area contributed by atoms with Crippen molar-refractivity contribution in [2.75, 3.05) is 78.0 Å². The second-order valence-corrected chi connectivity index (χ2v) is 9.65. The fourth-order valence-corrected chi connectivity index (χ4v) is 4.53. The molecule has 0 N–H and O–H groups in total. The molecule has 10 nitrogen and oxygen atoms in total. The molecule has 1 aromatic carbocycles. The second-order valence-electron chi connectivity index (χ2n) is 9.65. The standard InChI is InChI=1S/C28H42N6O4/c1-7-31(8-2)13-14-34(28(36)21(3)4)20-27(35)33-17-15-32(16-18-33)26-12-11-24(29-30-26)23-10-9-22(37-5)19-25(23)38-6/h9-12,19,21H,7-8,13-18,20H2,1-6H3. The Morgan fingerprint density at radius 2 is 1.66 bits per heavy atom. The van der Waals surface area contributed by atoms with Gasteiger partial charge in [0.05, 0.1) is 26.5 Å². The minimum Gasteiger partial charge on any atom is -0.497 e. The van der Waals surface area contributed by atoms with Crippen molar-refractivity contribution < 1.29 is 19.1 Å². The van der Waals surface area contributed by atoms with E-state index in [-0.39, 0.29) is 24.3 Å². The average molecular weight is 527 g/mol. The molecular weight excluding hydrogens is 484 g/mol. The highest BCUT2D eigenvalue weighted by Crippen LogP contribution is 2.32. The van der Waals surface area contributed by atoms with Gasteiger partial charge in [-0.1, -0.05) is 27.7 Å². The first-order valence-corrected chi connectivity index (χ1v) is 13.4. The van der Waals surface area contributed by atoms with E-state index in [9.17, 15) is 9.59 Å². The molecular formula is C28H42N6O4. The summed E-state index contributed by atoms with van der Waals surface area (Å²) in [5, 5.41) is 8.87. The highest BCUT2D eigenvalue weighted by molar-refractivity contribution is 5.85. The molecule has 1 saturated heterocycles. The van der Waals surface area contributed by atoms with E-state index in [4.69, 9.17) is 9.47 Å². The normalized spacial score (nSPS) is 13.7. The monoisotopic (exact) mass is 526 g/mol. The summed E-state index contributed by atoms with van der Waals surface area (Å²) in [5.41, 5.74) is 1.55. The number of piperazine rings is 1. The zero-order chi connectivity index (χ0) is 27.7. The van der Waals surface area contributed by atoms with Crippen LogP contribution in [-0.4, -0.2) is 110 Å². The summed E-state index contributed by atoms with van der Waals surface area (Å²) in [6.07, 6.45) is 0. The molecule has 0 radical (unpaired) electrons. The van der Waals surface area contributed by atoms with Crippen LogP contribution in [0.25, 0.3) is 11.3 Å². The molecule has 1 aliphatic rings. The summed E-state index contributed by atoms with van der Waals surface area (Å²) in [6.45, 7) is 13.7. The minimum atomic E-state index is -0.143. The molecule has 0 unspecified atom stereocenters. The van der Waals surface area contributed by atoms with Crippen LogP contribution in [0.4, 0.5) is 5.82 Å². The van der Waals surface area contributed by atoms with E-state index < -0.39 is 0 Å². The van der Waals surface area contributed by atoms with E-state index >= 15 is 0 Å². The first-order valence-electron chi connectivity index (χ1n) is 13.4. The molecule has 38 heavy (non-hydrogen) atoms. The van der Waals surface area contributed by atoms with Crippen LogP contribution in [-0.2, 0) is 9.59 Å². The summed E-state index contributed by atoms with van der Waals surface area (Å²) in [5.74, 6) is 2.02. The van der Waals surface area contributed by atoms with Crippen LogP contribution in [0, 0.1) is 5.92 Å². The zero-order valence-electron chi connectivity index (χ0n) is 23.6. The molecule has 2 heterocycles. The third kappa shape index (κ3) is 7.34. The lowest BCUT2D eigenvalue weighted by atomic mass is 10.1. The van der Waals surface area contributed by atoms with Crippen molar-refractivity contribution in [3.05, 3.63) is 30.3 Å². The Labute approximate surface area is 226 Å². The van der Waals surface area contributed by atoms with Gasteiger partial charge in [0.2, 0.25) is 11.8 Å². The van der Waals surface area contributed by atoms with E-state index in [2.05, 4.69) is 33.8 Å². The number of amides is 2. The molecule has 2 amide bonds. The number of anilines is 1. The van der Waals surface area contributed by atoms with Gasteiger partial charge in [-0.05, 0) is 37.4 Å². The number of hydrogen-bond donors (Lipinski definition) is 0. The van der Waals surface area contributed by atoms with Gasteiger partial charge >= 0.3 is 0 Å². The Bertz CT molecular complexity index is 1050. The summed E-state index contributed by atoms with van der Waals surface area (Å²) in [4.78, 5) is 33.9. The SMILES string of the molecule is CCN(CC)CCN(CC(=O)N1CCN(c2ccc(-c3ccc(OC)cc3OC)nn2)CC1)C(=O)C(C)C. The van der Waals surface area contributed by atoms with Crippen LogP contribution in [0.3, 0.4) is 0 Å². The highest BCUT2D eigenvalue weighted by Gasteiger charge is 2.26. The lowest BCUT2D eigenvalue weighted by Crippen LogP contribution is -2.53. The van der Waals surface area contributed by atoms with Crippen molar-refractivity contribution in [2.45, 2.75) is 27.7 Å². The Balaban J connectivity index is 1.59. The summed E-state index contributed by atoms with van der Waals surface area (Å²) in [7, 11) is 3.23. The number of aromatic nitrogens is 2. The Morgan fingerprint density at radius 1 is 0.947 bits per heavy atom. The molecule has 1 aromatic heterocycles. The van der Waals surface area contributed by atoms with E-state index in [1.54, 1.807) is 19.1 Å². The summed E-state index contributed by atoms with van der Waals surface area (Å²) in [6, 6.07) is 9.46. The highest BCUT2D eigenvalue weighted by atomic mass is 16.5. The third-order valence-electron chi connectivity index (χ3n) is 7.00. The number of carbonyl (C=O) groups is 2. The topological polar surface area (TPSA) is 91.3 Å². The van der Waals surface area contributed by atoms with Crippen molar-refractivity contribution >= 4 is 17.6 Å². The zero-order valence-corrected chi connectivity index (χ0v) is 23.6. The number of rotatable bonds is 12. The predicted molar refractivity (Wildman–Crippen MR) is 149 cm³/mol. The number of benzene rings is 1. The fraction of sp³-hybridized carbons (Fsp3) is 0.571. The van der Waals surface area contributed by atoms with Gasteiger partial charge in [0, 0.05) is 56.8 Å². The van der Waals surface area contributed by atoms with E-state index in [1.807, 2.05) is 49.1 Å². The number of hydrogen-bond acceptors (Lipinski definition) is 8. The molecule has 0 bridgehead atoms. The molecule has 3 rings (SSSR count). The van der Waals surface area contributed by atoms with Crippen LogP contribution in [0.5, 0.6) is 11.5 Å². The molecule has 208 valence electrons. The lowest BCUT2D eigenvalue weighted by molar-refractivity contribution is -0.142. The van der Waals surface area contributed by atoms with E-state index in [0.717, 1.165) is 31.0 Å². The predicted octanol–water partition coefficient (Wildman–Crippen LogP) is 2.64. The number of likely N-dealkylation sites (N-methyl/N-ethyl adjacent to an activating group) is 1. The van der Waals surface area contributed by atoms with E-state index in [1.165, 1.54) is 0 Å². The van der Waals surface area contributed by atoms with Gasteiger partial charge in [-0.3, -0.25) is 9.59 Å². The van der Waals surface area contributed by atoms with Crippen molar-refractivity contribution in [1.29, 1.82) is 0 Å². The maximum absolute atomic E-state index is 13.1. The summed E-state index contributed by atoms with van der Waals surface area (Å²) < 4.78 is 10.8. The molecule has 0 aliphatic carbocycles. The lowest BCUT2D eigenvalue weighted by Gasteiger charge is -2.36. The second kappa shape index (κ2) is 13.9. The van der Waals surface area contributed by atoms with Crippen LogP contribution in [0.1, 0.15) is 27.7 Å². The van der Waals surface area contributed by atoms with Crippen LogP contribution in [0.2, 0.25) is 0 Å². The third-order valence-corrected chi connectivity index (χ3v) is 7.00. The van der Waals surface area contributed by atoms with Crippen LogP contribution >= 0.6 is 0 Å². The molecule has 0 saturated carbocycles. The van der Waals surface area contributed by atoms with Crippen molar-refractivity contribution in [3.63, 3.8) is 0 Å². The number of ether oxygens (including phenoxy) is 2. The van der Waals surface area contributed by atoms with Crippen molar-refractivity contribution in [3.8, 4) is 22.8 Å². The van der Waals surface area contributed by atoms with Gasteiger partial charge in [0.15, 0.2) is 5.82 Å². The van der Waals surface area contributed by atoms with Crippen LogP contribution < -0.4 is 14.4 Å². The minimum absolute atomic E-state index is 0.00812. The molecule has 0 spiro atoms. The summed E-state index contributed by atoms with van der Waals surface area (Å²) >= 11 is 0. The van der Waals surface area contributed by atoms with Crippen molar-refractivity contribution in [2.24, 2.45) is 5.92 Å². The van der Waals surface area contributed by atoms with Gasteiger partial charge < -0.3 is 29.1 Å². The Hall–Kier alpha value is -3.40. The van der Waals surface area contributed by atoms with Gasteiger partial charge in [-0.25, -0.2) is 0 Å². The quantitative estimate of drug-likeness (QED) is 0.417. The molecule has 0 atom stereocenters. The Kier molecular flexibility index (Phi) is 10.7. The van der Waals surface area contributed by atoms with E-state index in [0.29, 0.717) is 49.9 Å². The molecule has 1 fully saturated rings. The number of nitrogens with zero attached hydrogens (tertiary/aromatic N) is 6.